The van der Waals surface area contributed by atoms with Gasteiger partial charge >= 0.3 is 6.03 Å². The van der Waals surface area contributed by atoms with Crippen molar-refractivity contribution < 1.29 is 9.59 Å². The number of thioether (sulfide) groups is 1. The van der Waals surface area contributed by atoms with Crippen LogP contribution in [-0.4, -0.2) is 53.1 Å². The second kappa shape index (κ2) is 10.1. The van der Waals surface area contributed by atoms with E-state index in [4.69, 9.17) is 16.5 Å². The molecular formula is C25H31N7O2S. The molecule has 2 saturated heterocycles. The van der Waals surface area contributed by atoms with E-state index in [0.29, 0.717) is 36.1 Å². The van der Waals surface area contributed by atoms with Crippen LogP contribution in [0.1, 0.15) is 25.7 Å². The van der Waals surface area contributed by atoms with Gasteiger partial charge in [-0.15, -0.1) is 0 Å². The molecule has 2 aliphatic rings. The fourth-order valence-electron chi connectivity index (χ4n) is 4.92. The first-order valence-electron chi connectivity index (χ1n) is 12.1. The van der Waals surface area contributed by atoms with Crippen LogP contribution in [-0.2, 0) is 4.79 Å². The molecule has 2 aliphatic heterocycles. The number of anilines is 3. The third-order valence-electron chi connectivity index (χ3n) is 6.65. The Bertz CT molecular complexity index is 1210. The number of nitrogens with zero attached hydrogens (tertiary/aromatic N) is 1. The van der Waals surface area contributed by atoms with E-state index >= 15 is 0 Å². The number of benzene rings is 2. The second-order valence-electron chi connectivity index (χ2n) is 9.18. The van der Waals surface area contributed by atoms with Crippen molar-refractivity contribution in [2.24, 2.45) is 0 Å². The van der Waals surface area contributed by atoms with Crippen LogP contribution in [0.2, 0.25) is 0 Å². The van der Waals surface area contributed by atoms with Gasteiger partial charge in [0.15, 0.2) is 0 Å². The molecule has 8 N–H and O–H groups in total. The summed E-state index contributed by atoms with van der Waals surface area (Å²) in [5.74, 6) is 1.02. The topological polar surface area (TPSA) is 147 Å². The van der Waals surface area contributed by atoms with Crippen LogP contribution in [0, 0.1) is 0 Å². The lowest BCUT2D eigenvalue weighted by atomic mass is 10.0. The summed E-state index contributed by atoms with van der Waals surface area (Å²) in [5, 5.41) is 14.8. The molecule has 0 spiro atoms. The molecule has 2 aromatic carbocycles. The van der Waals surface area contributed by atoms with Crippen LogP contribution < -0.4 is 32.7 Å². The van der Waals surface area contributed by atoms with E-state index in [1.54, 1.807) is 0 Å². The Balaban J connectivity index is 1.10. The zero-order valence-electron chi connectivity index (χ0n) is 19.5. The van der Waals surface area contributed by atoms with Gasteiger partial charge in [0.25, 0.3) is 0 Å². The molecule has 184 valence electrons. The summed E-state index contributed by atoms with van der Waals surface area (Å²) in [4.78, 5) is 28.5. The molecule has 3 aromatic rings. The standard InChI is InChI=1S/C25H31N7O2S/c26-14-5-7-16-18(11-14)30-19-12-15(27)6-8-17(19)23(16)29-10-9-28-22(33)4-2-1-3-21-24-20(13-35-21)31-25(34)32-24/h5-8,11-12,20-21,24H,1-4,9-10,13,26-27H2,(H,28,33)(H,29,30)(H2,31,32,34)/t20-,21-,24-/m1/s1. The SMILES string of the molecule is Nc1ccc2c(NCCNC(=O)CCCC[C@H]3SC[C@H]4NC(=O)N[C@H]43)c3ccc(N)cc3nc2c1. The van der Waals surface area contributed by atoms with Crippen molar-refractivity contribution in [2.45, 2.75) is 43.0 Å². The van der Waals surface area contributed by atoms with Gasteiger partial charge in [-0.2, -0.15) is 11.8 Å². The van der Waals surface area contributed by atoms with E-state index in [1.165, 1.54) is 0 Å². The number of nitrogens with two attached hydrogens (primary N) is 2. The lowest BCUT2D eigenvalue weighted by Gasteiger charge is -2.16. The predicted molar refractivity (Wildman–Crippen MR) is 144 cm³/mol. The fourth-order valence-corrected chi connectivity index (χ4v) is 6.47. The highest BCUT2D eigenvalue weighted by Crippen LogP contribution is 2.34. The van der Waals surface area contributed by atoms with Gasteiger partial charge < -0.3 is 32.7 Å². The minimum absolute atomic E-state index is 0.0562. The number of carbonyl (C=O) groups is 2. The molecule has 0 bridgehead atoms. The van der Waals surface area contributed by atoms with Crippen molar-refractivity contribution in [3.8, 4) is 0 Å². The highest BCUT2D eigenvalue weighted by Gasteiger charge is 2.42. The number of rotatable bonds is 9. The number of nitrogen functional groups attached to an aromatic ring is 2. The maximum atomic E-state index is 12.3. The molecule has 10 heteroatoms. The quantitative estimate of drug-likeness (QED) is 0.116. The van der Waals surface area contributed by atoms with Gasteiger partial charge in [0.1, 0.15) is 0 Å². The highest BCUT2D eigenvalue weighted by molar-refractivity contribution is 8.00. The summed E-state index contributed by atoms with van der Waals surface area (Å²) in [7, 11) is 0. The number of hydrogen-bond acceptors (Lipinski definition) is 7. The van der Waals surface area contributed by atoms with Gasteiger partial charge in [-0.1, -0.05) is 6.42 Å². The number of urea groups is 1. The van der Waals surface area contributed by atoms with Crippen molar-refractivity contribution in [1.82, 2.24) is 20.9 Å². The molecule has 3 amide bonds. The summed E-state index contributed by atoms with van der Waals surface area (Å²) < 4.78 is 0. The fraction of sp³-hybridized carbons (Fsp3) is 0.400. The van der Waals surface area contributed by atoms with Crippen LogP contribution in [0.4, 0.5) is 21.9 Å². The Morgan fingerprint density at radius 1 is 1.03 bits per heavy atom. The van der Waals surface area contributed by atoms with Gasteiger partial charge in [0, 0.05) is 52.7 Å². The smallest absolute Gasteiger partial charge is 0.315 e. The summed E-state index contributed by atoms with van der Waals surface area (Å²) in [6, 6.07) is 11.8. The molecule has 0 saturated carbocycles. The van der Waals surface area contributed by atoms with E-state index in [0.717, 1.165) is 52.5 Å². The number of carbonyl (C=O) groups excluding carboxylic acids is 2. The van der Waals surface area contributed by atoms with Crippen molar-refractivity contribution in [3.63, 3.8) is 0 Å². The molecule has 1 aromatic heterocycles. The zero-order valence-corrected chi connectivity index (χ0v) is 20.3. The first-order chi connectivity index (χ1) is 17.0. The van der Waals surface area contributed by atoms with Gasteiger partial charge in [-0.3, -0.25) is 4.79 Å². The maximum Gasteiger partial charge on any atom is 0.315 e. The van der Waals surface area contributed by atoms with Gasteiger partial charge in [0.05, 0.1) is 28.8 Å². The van der Waals surface area contributed by atoms with Crippen molar-refractivity contribution in [3.05, 3.63) is 36.4 Å². The number of hydrogen-bond donors (Lipinski definition) is 6. The number of aromatic nitrogens is 1. The first kappa shape index (κ1) is 23.3. The number of unbranched alkanes of at least 4 members (excludes halogenated alkanes) is 1. The van der Waals surface area contributed by atoms with Gasteiger partial charge in [0.2, 0.25) is 5.91 Å². The third-order valence-corrected chi connectivity index (χ3v) is 8.16. The largest absolute Gasteiger partial charge is 0.399 e. The first-order valence-corrected chi connectivity index (χ1v) is 13.1. The van der Waals surface area contributed by atoms with E-state index in [1.807, 2.05) is 48.2 Å². The molecule has 3 heterocycles. The molecule has 0 unspecified atom stereocenters. The van der Waals surface area contributed by atoms with Crippen LogP contribution >= 0.6 is 11.8 Å². The molecule has 0 radical (unpaired) electrons. The minimum atomic E-state index is -0.0562. The van der Waals surface area contributed by atoms with E-state index in [-0.39, 0.29) is 24.0 Å². The van der Waals surface area contributed by atoms with Crippen LogP contribution in [0.25, 0.3) is 21.8 Å². The molecule has 35 heavy (non-hydrogen) atoms. The Kier molecular flexibility index (Phi) is 6.72. The normalized spacial score (nSPS) is 21.0. The Hall–Kier alpha value is -3.40. The maximum absolute atomic E-state index is 12.3. The summed E-state index contributed by atoms with van der Waals surface area (Å²) in [5.41, 5.74) is 15.8. The average molecular weight is 494 g/mol. The predicted octanol–water partition coefficient (Wildman–Crippen LogP) is 2.81. The summed E-state index contributed by atoms with van der Waals surface area (Å²) >= 11 is 1.91. The molecule has 2 fully saturated rings. The molecule has 0 aliphatic carbocycles. The van der Waals surface area contributed by atoms with E-state index in [2.05, 4.69) is 21.3 Å². The van der Waals surface area contributed by atoms with Gasteiger partial charge in [-0.25, -0.2) is 9.78 Å². The van der Waals surface area contributed by atoms with Crippen molar-refractivity contribution >= 4 is 62.6 Å². The van der Waals surface area contributed by atoms with Crippen molar-refractivity contribution in [1.29, 1.82) is 0 Å². The van der Waals surface area contributed by atoms with E-state index < -0.39 is 0 Å². The van der Waals surface area contributed by atoms with E-state index in [9.17, 15) is 9.59 Å². The number of fused-ring (bicyclic) bond motifs is 3. The lowest BCUT2D eigenvalue weighted by molar-refractivity contribution is -0.121. The number of pyridine rings is 1. The van der Waals surface area contributed by atoms with Crippen LogP contribution in [0.15, 0.2) is 36.4 Å². The summed E-state index contributed by atoms with van der Waals surface area (Å²) in [6.07, 6.45) is 3.34. The number of amides is 3. The Morgan fingerprint density at radius 3 is 2.46 bits per heavy atom. The molecular weight excluding hydrogens is 462 g/mol. The molecule has 3 atom stereocenters. The van der Waals surface area contributed by atoms with Crippen LogP contribution in [0.3, 0.4) is 0 Å². The lowest BCUT2D eigenvalue weighted by Crippen LogP contribution is -2.36. The summed E-state index contributed by atoms with van der Waals surface area (Å²) in [6.45, 7) is 1.11. The zero-order chi connectivity index (χ0) is 24.4. The molecule has 5 rings (SSSR count). The third kappa shape index (κ3) is 5.17. The molecule has 9 nitrogen and oxygen atoms in total. The Labute approximate surface area is 208 Å². The second-order valence-corrected chi connectivity index (χ2v) is 10.5. The Morgan fingerprint density at radius 2 is 1.74 bits per heavy atom. The number of nitrogens with one attached hydrogen (secondary N) is 4. The monoisotopic (exact) mass is 493 g/mol. The van der Waals surface area contributed by atoms with Crippen molar-refractivity contribution in [2.75, 3.05) is 35.6 Å². The highest BCUT2D eigenvalue weighted by atomic mass is 32.2. The van der Waals surface area contributed by atoms with Crippen LogP contribution in [0.5, 0.6) is 0 Å². The van der Waals surface area contributed by atoms with Gasteiger partial charge in [-0.05, 0) is 49.2 Å². The average Bonchev–Trinajstić information content (AvgIpc) is 3.37. The minimum Gasteiger partial charge on any atom is -0.399 e.